The fourth-order valence-electron chi connectivity index (χ4n) is 6.57. The Bertz CT molecular complexity index is 559. The van der Waals surface area contributed by atoms with E-state index in [-0.39, 0.29) is 35.8 Å². The highest BCUT2D eigenvalue weighted by Crippen LogP contribution is 2.61. The molecule has 6 nitrogen and oxygen atoms in total. The van der Waals surface area contributed by atoms with Crippen LogP contribution in [0.5, 0.6) is 0 Å². The number of carbonyl (C=O) groups is 3. The van der Waals surface area contributed by atoms with Gasteiger partial charge < -0.3 is 10.2 Å². The molecule has 6 rings (SSSR count). The Hall–Kier alpha value is -1.59. The van der Waals surface area contributed by atoms with Crippen LogP contribution in [-0.2, 0) is 9.59 Å². The first-order valence-electron chi connectivity index (χ1n) is 9.39. The lowest BCUT2D eigenvalue weighted by Crippen LogP contribution is -2.63. The quantitative estimate of drug-likeness (QED) is 0.794. The Morgan fingerprint density at radius 3 is 2.12 bits per heavy atom. The van der Waals surface area contributed by atoms with Crippen molar-refractivity contribution in [2.75, 3.05) is 19.6 Å². The van der Waals surface area contributed by atoms with E-state index >= 15 is 0 Å². The summed E-state index contributed by atoms with van der Waals surface area (Å²) in [6.07, 6.45) is 8.60. The third kappa shape index (κ3) is 2.18. The summed E-state index contributed by atoms with van der Waals surface area (Å²) in [5, 5.41) is 2.55. The van der Waals surface area contributed by atoms with Crippen molar-refractivity contribution in [3.8, 4) is 0 Å². The number of rotatable bonds is 3. The van der Waals surface area contributed by atoms with Gasteiger partial charge in [-0.1, -0.05) is 0 Å². The third-order valence-electron chi connectivity index (χ3n) is 7.15. The van der Waals surface area contributed by atoms with Crippen molar-refractivity contribution in [1.29, 1.82) is 0 Å². The van der Waals surface area contributed by atoms with Gasteiger partial charge in [-0.05, 0) is 61.7 Å². The summed E-state index contributed by atoms with van der Waals surface area (Å²) in [5.74, 6) is 2.65. The highest BCUT2D eigenvalue weighted by Gasteiger charge is 2.52. The summed E-state index contributed by atoms with van der Waals surface area (Å²) in [6.45, 7) is 1.13. The normalized spacial score (nSPS) is 40.9. The van der Waals surface area contributed by atoms with E-state index in [0.717, 1.165) is 17.8 Å². The second-order valence-electron chi connectivity index (χ2n) is 8.97. The zero-order chi connectivity index (χ0) is 16.5. The van der Waals surface area contributed by atoms with E-state index < -0.39 is 0 Å². The summed E-state index contributed by atoms with van der Waals surface area (Å²) in [7, 11) is 0. The number of carbonyl (C=O) groups excluding carboxylic acids is 3. The Morgan fingerprint density at radius 2 is 1.62 bits per heavy atom. The number of amides is 4. The minimum Gasteiger partial charge on any atom is -0.338 e. The van der Waals surface area contributed by atoms with Crippen molar-refractivity contribution >= 4 is 17.8 Å². The lowest BCUT2D eigenvalue weighted by Gasteiger charge is -2.57. The van der Waals surface area contributed by atoms with E-state index in [0.29, 0.717) is 19.5 Å². The number of hydrogen-bond acceptors (Lipinski definition) is 3. The van der Waals surface area contributed by atoms with E-state index in [4.69, 9.17) is 0 Å². The molecule has 4 aliphatic carbocycles. The van der Waals surface area contributed by atoms with Crippen molar-refractivity contribution in [3.05, 3.63) is 0 Å². The number of imide groups is 1. The maximum absolute atomic E-state index is 12.8. The molecule has 0 aromatic rings. The average molecular weight is 331 g/mol. The number of nitrogens with one attached hydrogen (secondary N) is 1. The molecule has 0 aromatic heterocycles. The fraction of sp³-hybridized carbons (Fsp3) is 0.833. The van der Waals surface area contributed by atoms with Crippen LogP contribution in [-0.4, -0.2) is 53.3 Å². The van der Waals surface area contributed by atoms with Crippen LogP contribution in [0.1, 0.15) is 44.9 Å². The van der Waals surface area contributed by atoms with Gasteiger partial charge in [-0.2, -0.15) is 0 Å². The van der Waals surface area contributed by atoms with Crippen molar-refractivity contribution in [3.63, 3.8) is 0 Å². The van der Waals surface area contributed by atoms with Gasteiger partial charge in [0.1, 0.15) is 0 Å². The van der Waals surface area contributed by atoms with Crippen LogP contribution in [0, 0.1) is 23.2 Å². The smallest absolute Gasteiger partial charge is 0.324 e. The molecule has 0 spiro atoms. The largest absolute Gasteiger partial charge is 0.338 e. The van der Waals surface area contributed by atoms with E-state index in [1.807, 2.05) is 4.90 Å². The molecular formula is C18H25N3O3. The Labute approximate surface area is 141 Å². The van der Waals surface area contributed by atoms with E-state index in [1.165, 1.54) is 43.4 Å². The summed E-state index contributed by atoms with van der Waals surface area (Å²) in [4.78, 5) is 39.3. The van der Waals surface area contributed by atoms with Crippen LogP contribution in [0.3, 0.4) is 0 Å². The Morgan fingerprint density at radius 1 is 1.04 bits per heavy atom. The van der Waals surface area contributed by atoms with Crippen LogP contribution < -0.4 is 5.32 Å². The first kappa shape index (κ1) is 14.7. The molecular weight excluding hydrogens is 306 g/mol. The fourth-order valence-corrected chi connectivity index (χ4v) is 6.57. The zero-order valence-corrected chi connectivity index (χ0v) is 14.0. The van der Waals surface area contributed by atoms with Crippen LogP contribution in [0.2, 0.25) is 0 Å². The molecule has 2 saturated heterocycles. The molecule has 6 aliphatic rings. The maximum atomic E-state index is 12.8. The summed E-state index contributed by atoms with van der Waals surface area (Å²) in [5.41, 5.74) is 0.262. The molecule has 130 valence electrons. The van der Waals surface area contributed by atoms with Crippen molar-refractivity contribution < 1.29 is 14.4 Å². The van der Waals surface area contributed by atoms with Gasteiger partial charge in [0.05, 0.1) is 12.6 Å². The maximum Gasteiger partial charge on any atom is 0.324 e. The molecule has 4 bridgehead atoms. The van der Waals surface area contributed by atoms with Gasteiger partial charge in [-0.25, -0.2) is 4.79 Å². The number of likely N-dealkylation sites (tertiary alicyclic amines) is 1. The second-order valence-corrected chi connectivity index (χ2v) is 8.97. The predicted octanol–water partition coefficient (Wildman–Crippen LogP) is 1.36. The predicted molar refractivity (Wildman–Crippen MR) is 85.8 cm³/mol. The molecule has 2 aliphatic heterocycles. The zero-order valence-electron chi connectivity index (χ0n) is 14.0. The molecule has 1 N–H and O–H groups in total. The third-order valence-corrected chi connectivity index (χ3v) is 7.15. The molecule has 0 aromatic carbocycles. The van der Waals surface area contributed by atoms with E-state index in [1.54, 1.807) is 0 Å². The Kier molecular flexibility index (Phi) is 3.04. The van der Waals surface area contributed by atoms with E-state index in [9.17, 15) is 14.4 Å². The molecule has 0 radical (unpaired) electrons. The lowest BCUT2D eigenvalue weighted by molar-refractivity contribution is -0.148. The van der Waals surface area contributed by atoms with Crippen LogP contribution >= 0.6 is 0 Å². The van der Waals surface area contributed by atoms with Gasteiger partial charge in [0, 0.05) is 19.5 Å². The molecule has 0 atom stereocenters. The van der Waals surface area contributed by atoms with Gasteiger partial charge in [-0.15, -0.1) is 0 Å². The topological polar surface area (TPSA) is 69.7 Å². The molecule has 4 amide bonds. The van der Waals surface area contributed by atoms with Crippen LogP contribution in [0.15, 0.2) is 0 Å². The van der Waals surface area contributed by atoms with Crippen molar-refractivity contribution in [1.82, 2.24) is 15.1 Å². The van der Waals surface area contributed by atoms with Crippen LogP contribution in [0.25, 0.3) is 0 Å². The molecule has 2 heterocycles. The summed E-state index contributed by atoms with van der Waals surface area (Å²) < 4.78 is 0. The lowest BCUT2D eigenvalue weighted by atomic mass is 9.49. The summed E-state index contributed by atoms with van der Waals surface area (Å²) >= 11 is 0. The minimum atomic E-state index is -0.307. The van der Waals surface area contributed by atoms with Gasteiger partial charge in [0.25, 0.3) is 0 Å². The van der Waals surface area contributed by atoms with Crippen molar-refractivity contribution in [2.24, 2.45) is 23.2 Å². The first-order chi connectivity index (χ1) is 11.5. The highest BCUT2D eigenvalue weighted by molar-refractivity contribution is 6.02. The molecule has 24 heavy (non-hydrogen) atoms. The second kappa shape index (κ2) is 4.96. The molecule has 0 unspecified atom stereocenters. The molecule has 4 saturated carbocycles. The SMILES string of the molecule is O=C(CC12CC3CC(CC(C3)C1)C2)N1CC(N2C(=O)CNC2=O)C1. The Balaban J connectivity index is 1.20. The minimum absolute atomic E-state index is 0.0938. The van der Waals surface area contributed by atoms with E-state index in [2.05, 4.69) is 5.32 Å². The first-order valence-corrected chi connectivity index (χ1v) is 9.39. The van der Waals surface area contributed by atoms with Crippen molar-refractivity contribution in [2.45, 2.75) is 51.0 Å². The monoisotopic (exact) mass is 331 g/mol. The average Bonchev–Trinajstić information content (AvgIpc) is 2.76. The van der Waals surface area contributed by atoms with Gasteiger partial charge in [0.15, 0.2) is 0 Å². The highest BCUT2D eigenvalue weighted by atomic mass is 16.2. The standard InChI is InChI=1S/C18H25N3O3/c22-15(20-9-14(10-20)21-16(23)8-19-17(21)24)7-18-4-11-1-12(5-18)3-13(2-11)6-18/h11-14H,1-10H2,(H,19,24). The van der Waals surface area contributed by atoms with Gasteiger partial charge in [-0.3, -0.25) is 14.5 Å². The number of urea groups is 1. The van der Waals surface area contributed by atoms with Crippen LogP contribution in [0.4, 0.5) is 4.79 Å². The summed E-state index contributed by atoms with van der Waals surface area (Å²) in [6, 6.07) is -0.432. The van der Waals surface area contributed by atoms with Gasteiger partial charge in [0.2, 0.25) is 11.8 Å². The van der Waals surface area contributed by atoms with Gasteiger partial charge >= 0.3 is 6.03 Å². The molecule has 6 fully saturated rings. The molecule has 6 heteroatoms. The number of nitrogens with zero attached hydrogens (tertiary/aromatic N) is 2. The number of hydrogen-bond donors (Lipinski definition) is 1.